The summed E-state index contributed by atoms with van der Waals surface area (Å²) >= 11 is 0. The number of aliphatic carboxylic acids is 1. The van der Waals surface area contributed by atoms with E-state index >= 15 is 0 Å². The molecule has 1 amide bonds. The second-order valence-electron chi connectivity index (χ2n) is 8.65. The molecule has 1 saturated heterocycles. The molecular formula is C23H23NO4. The number of likely N-dealkylation sites (tertiary alicyclic amines) is 1. The normalized spacial score (nSPS) is 27.5. The number of ether oxygens (including phenoxy) is 1. The highest BCUT2D eigenvalue weighted by Gasteiger charge is 2.62. The quantitative estimate of drug-likeness (QED) is 0.868. The Morgan fingerprint density at radius 3 is 2.25 bits per heavy atom. The number of nitrogens with zero attached hydrogens (tertiary/aromatic N) is 1. The van der Waals surface area contributed by atoms with E-state index in [9.17, 15) is 14.7 Å². The first kappa shape index (κ1) is 17.3. The molecule has 2 atom stereocenters. The van der Waals surface area contributed by atoms with Crippen molar-refractivity contribution < 1.29 is 19.4 Å². The van der Waals surface area contributed by atoms with E-state index in [0.29, 0.717) is 19.3 Å². The van der Waals surface area contributed by atoms with Gasteiger partial charge in [0.25, 0.3) is 0 Å². The van der Waals surface area contributed by atoms with E-state index in [1.54, 1.807) is 4.90 Å². The number of hydrogen-bond donors (Lipinski definition) is 1. The molecule has 1 saturated carbocycles. The van der Waals surface area contributed by atoms with Gasteiger partial charge in [-0.3, -0.25) is 4.79 Å². The van der Waals surface area contributed by atoms with Crippen molar-refractivity contribution in [1.82, 2.24) is 4.90 Å². The largest absolute Gasteiger partial charge is 0.481 e. The molecule has 5 heteroatoms. The fraction of sp³-hybridized carbons (Fsp3) is 0.391. The third-order valence-electron chi connectivity index (χ3n) is 6.98. The molecule has 2 aromatic rings. The van der Waals surface area contributed by atoms with Gasteiger partial charge in [0.2, 0.25) is 0 Å². The van der Waals surface area contributed by atoms with E-state index in [0.717, 1.165) is 0 Å². The highest BCUT2D eigenvalue weighted by atomic mass is 16.6. The number of carboxylic acid groups (broad SMARTS) is 1. The molecule has 28 heavy (non-hydrogen) atoms. The minimum atomic E-state index is -0.805. The van der Waals surface area contributed by atoms with Crippen LogP contribution in [0.5, 0.6) is 0 Å². The van der Waals surface area contributed by atoms with Crippen molar-refractivity contribution in [3.63, 3.8) is 0 Å². The summed E-state index contributed by atoms with van der Waals surface area (Å²) < 4.78 is 5.76. The number of benzene rings is 2. The van der Waals surface area contributed by atoms with E-state index in [4.69, 9.17) is 4.74 Å². The van der Waals surface area contributed by atoms with Crippen LogP contribution in [0, 0.1) is 5.41 Å². The van der Waals surface area contributed by atoms with Crippen LogP contribution in [-0.4, -0.2) is 40.8 Å². The molecule has 2 aliphatic carbocycles. The first-order chi connectivity index (χ1) is 13.4. The number of piperidine rings is 1. The third-order valence-corrected chi connectivity index (χ3v) is 6.98. The molecule has 0 spiro atoms. The average Bonchev–Trinajstić information content (AvgIpc) is 3.32. The summed E-state index contributed by atoms with van der Waals surface area (Å²) in [6.45, 7) is 2.49. The van der Waals surface area contributed by atoms with Crippen LogP contribution < -0.4 is 0 Å². The molecule has 2 fully saturated rings. The van der Waals surface area contributed by atoms with Crippen LogP contribution in [0.4, 0.5) is 4.79 Å². The van der Waals surface area contributed by atoms with Gasteiger partial charge in [-0.15, -0.1) is 0 Å². The van der Waals surface area contributed by atoms with Gasteiger partial charge in [-0.2, -0.15) is 0 Å². The summed E-state index contributed by atoms with van der Waals surface area (Å²) in [4.78, 5) is 26.3. The van der Waals surface area contributed by atoms with Crippen molar-refractivity contribution in [3.8, 4) is 11.1 Å². The monoisotopic (exact) mass is 377 g/mol. The summed E-state index contributed by atoms with van der Waals surface area (Å²) in [5.41, 5.74) is 3.51. The number of carbonyl (C=O) groups excluding carboxylic acids is 1. The maximum atomic E-state index is 12.9. The lowest BCUT2D eigenvalue weighted by Crippen LogP contribution is -2.48. The van der Waals surface area contributed by atoms with Gasteiger partial charge in [0, 0.05) is 18.0 Å². The second-order valence-corrected chi connectivity index (χ2v) is 8.65. The zero-order chi connectivity index (χ0) is 19.5. The standard InChI is InChI=1S/C23H23NO4/c1-22-10-11-23(13-22,20(25)26)14-24(22)21(27)28-12-19-17-8-4-2-6-15(17)16-7-3-5-9-18(16)19/h2-9,19H,10-14H2,1H3,(H,25,26). The van der Waals surface area contributed by atoms with E-state index < -0.39 is 23.0 Å². The smallest absolute Gasteiger partial charge is 0.410 e. The number of rotatable bonds is 3. The minimum absolute atomic E-state index is 0.0115. The Hall–Kier alpha value is -2.82. The summed E-state index contributed by atoms with van der Waals surface area (Å²) in [5, 5.41) is 9.65. The van der Waals surface area contributed by atoms with Crippen molar-refractivity contribution in [2.45, 2.75) is 37.6 Å². The number of fused-ring (bicyclic) bond motifs is 5. The Morgan fingerprint density at radius 1 is 1.07 bits per heavy atom. The molecule has 144 valence electrons. The molecular weight excluding hydrogens is 354 g/mol. The molecule has 5 nitrogen and oxygen atoms in total. The maximum Gasteiger partial charge on any atom is 0.410 e. The van der Waals surface area contributed by atoms with Crippen molar-refractivity contribution in [1.29, 1.82) is 0 Å². The van der Waals surface area contributed by atoms with Crippen LogP contribution in [0.3, 0.4) is 0 Å². The minimum Gasteiger partial charge on any atom is -0.481 e. The lowest BCUT2D eigenvalue weighted by atomic mass is 9.87. The van der Waals surface area contributed by atoms with Gasteiger partial charge in [0.15, 0.2) is 0 Å². The van der Waals surface area contributed by atoms with Crippen LogP contribution >= 0.6 is 0 Å². The number of amides is 1. The fourth-order valence-electron chi connectivity index (χ4n) is 5.48. The van der Waals surface area contributed by atoms with Crippen LogP contribution in [0.15, 0.2) is 48.5 Å². The summed E-state index contributed by atoms with van der Waals surface area (Å²) in [6, 6.07) is 16.5. The second kappa shape index (κ2) is 5.84. The first-order valence-corrected chi connectivity index (χ1v) is 9.80. The zero-order valence-electron chi connectivity index (χ0n) is 15.9. The number of carbonyl (C=O) groups is 2. The lowest BCUT2D eigenvalue weighted by Gasteiger charge is -2.36. The summed E-state index contributed by atoms with van der Waals surface area (Å²) in [7, 11) is 0. The lowest BCUT2D eigenvalue weighted by molar-refractivity contribution is -0.148. The Kier molecular flexibility index (Phi) is 3.60. The molecule has 3 aliphatic rings. The van der Waals surface area contributed by atoms with Gasteiger partial charge in [-0.25, -0.2) is 4.79 Å². The molecule has 5 rings (SSSR count). The van der Waals surface area contributed by atoms with Gasteiger partial charge in [-0.05, 0) is 48.4 Å². The Balaban J connectivity index is 1.36. The van der Waals surface area contributed by atoms with Gasteiger partial charge < -0.3 is 14.7 Å². The third kappa shape index (κ3) is 2.32. The molecule has 1 heterocycles. The van der Waals surface area contributed by atoms with Gasteiger partial charge in [0.1, 0.15) is 6.61 Å². The van der Waals surface area contributed by atoms with Gasteiger partial charge in [0.05, 0.1) is 5.41 Å². The van der Waals surface area contributed by atoms with Gasteiger partial charge >= 0.3 is 12.1 Å². The molecule has 2 unspecified atom stereocenters. The van der Waals surface area contributed by atoms with E-state index in [1.807, 2.05) is 31.2 Å². The van der Waals surface area contributed by atoms with Crippen molar-refractivity contribution in [2.75, 3.05) is 13.2 Å². The number of hydrogen-bond acceptors (Lipinski definition) is 3. The predicted octanol–water partition coefficient (Wildman–Crippen LogP) is 4.26. The number of carboxylic acids is 1. The fourth-order valence-corrected chi connectivity index (χ4v) is 5.48. The molecule has 0 aromatic heterocycles. The van der Waals surface area contributed by atoms with Crippen LogP contribution in [0.1, 0.15) is 43.2 Å². The Labute approximate surface area is 163 Å². The molecule has 0 radical (unpaired) electrons. The van der Waals surface area contributed by atoms with Crippen LogP contribution in [0.25, 0.3) is 11.1 Å². The zero-order valence-corrected chi connectivity index (χ0v) is 15.9. The predicted molar refractivity (Wildman–Crippen MR) is 104 cm³/mol. The van der Waals surface area contributed by atoms with Crippen LogP contribution in [-0.2, 0) is 9.53 Å². The SMILES string of the molecule is CC12CCC(C(=O)O)(CN1C(=O)OCC1c3ccccc3-c3ccccc31)C2. The van der Waals surface area contributed by atoms with E-state index in [-0.39, 0.29) is 19.1 Å². The van der Waals surface area contributed by atoms with E-state index in [2.05, 4.69) is 24.3 Å². The Morgan fingerprint density at radius 2 is 1.68 bits per heavy atom. The summed E-state index contributed by atoms with van der Waals surface area (Å²) in [6.07, 6.45) is 1.46. The molecule has 2 aromatic carbocycles. The van der Waals surface area contributed by atoms with Crippen molar-refractivity contribution in [3.05, 3.63) is 59.7 Å². The highest BCUT2D eigenvalue weighted by molar-refractivity contribution is 5.81. The van der Waals surface area contributed by atoms with Gasteiger partial charge in [-0.1, -0.05) is 48.5 Å². The van der Waals surface area contributed by atoms with Crippen molar-refractivity contribution in [2.24, 2.45) is 5.41 Å². The first-order valence-electron chi connectivity index (χ1n) is 9.80. The molecule has 1 N–H and O–H groups in total. The topological polar surface area (TPSA) is 66.8 Å². The Bertz CT molecular complexity index is 941. The molecule has 2 bridgehead atoms. The van der Waals surface area contributed by atoms with Crippen molar-refractivity contribution >= 4 is 12.1 Å². The van der Waals surface area contributed by atoms with E-state index in [1.165, 1.54) is 22.3 Å². The summed E-state index contributed by atoms with van der Waals surface area (Å²) in [5.74, 6) is -0.789. The molecule has 1 aliphatic heterocycles. The van der Waals surface area contributed by atoms with Crippen LogP contribution in [0.2, 0.25) is 0 Å². The highest BCUT2D eigenvalue weighted by Crippen LogP contribution is 2.54. The average molecular weight is 377 g/mol. The maximum absolute atomic E-state index is 12.9.